The summed E-state index contributed by atoms with van der Waals surface area (Å²) in [5.41, 5.74) is -1.69. The second-order valence-electron chi connectivity index (χ2n) is 4.83. The van der Waals surface area contributed by atoms with Crippen molar-refractivity contribution >= 4 is 17.6 Å². The molecule has 2 aromatic rings. The predicted molar refractivity (Wildman–Crippen MR) is 76.7 cm³/mol. The Balaban J connectivity index is 1.96. The van der Waals surface area contributed by atoms with E-state index >= 15 is 0 Å². The number of amides is 1. The first-order chi connectivity index (χ1) is 11.7. The van der Waals surface area contributed by atoms with Gasteiger partial charge in [-0.3, -0.25) is 4.79 Å². The van der Waals surface area contributed by atoms with Crippen LogP contribution >= 0.6 is 0 Å². The molecular formula is C16H10F5NO3. The lowest BCUT2D eigenvalue weighted by Crippen LogP contribution is -2.21. The molecule has 2 rings (SSSR count). The number of rotatable bonds is 4. The van der Waals surface area contributed by atoms with Gasteiger partial charge in [0.15, 0.2) is 6.61 Å². The van der Waals surface area contributed by atoms with Gasteiger partial charge in [-0.2, -0.15) is 13.2 Å². The van der Waals surface area contributed by atoms with Crippen molar-refractivity contribution in [3.63, 3.8) is 0 Å². The monoisotopic (exact) mass is 359 g/mol. The summed E-state index contributed by atoms with van der Waals surface area (Å²) in [5.74, 6) is -4.19. The zero-order valence-corrected chi connectivity index (χ0v) is 12.4. The Labute approximate surface area is 138 Å². The molecule has 0 unspecified atom stereocenters. The maximum Gasteiger partial charge on any atom is 0.416 e. The number of esters is 1. The van der Waals surface area contributed by atoms with Gasteiger partial charge in [-0.15, -0.1) is 0 Å². The first kappa shape index (κ1) is 18.4. The highest BCUT2D eigenvalue weighted by Crippen LogP contribution is 2.30. The van der Waals surface area contributed by atoms with Gasteiger partial charge < -0.3 is 10.1 Å². The summed E-state index contributed by atoms with van der Waals surface area (Å²) in [7, 11) is 0. The number of halogens is 5. The van der Waals surface area contributed by atoms with Gasteiger partial charge >= 0.3 is 12.1 Å². The fourth-order valence-corrected chi connectivity index (χ4v) is 1.83. The highest BCUT2D eigenvalue weighted by molar-refractivity contribution is 5.95. The number of carbonyl (C=O) groups is 2. The van der Waals surface area contributed by atoms with E-state index in [1.54, 1.807) is 0 Å². The maximum absolute atomic E-state index is 13.4. The zero-order chi connectivity index (χ0) is 18.6. The third-order valence-electron chi connectivity index (χ3n) is 2.96. The number of anilines is 1. The van der Waals surface area contributed by atoms with Gasteiger partial charge in [-0.05, 0) is 30.3 Å². The van der Waals surface area contributed by atoms with Crippen molar-refractivity contribution < 1.29 is 36.3 Å². The molecular weight excluding hydrogens is 349 g/mol. The predicted octanol–water partition coefficient (Wildman–Crippen LogP) is 3.78. The number of alkyl halides is 3. The van der Waals surface area contributed by atoms with Crippen molar-refractivity contribution in [1.82, 2.24) is 0 Å². The van der Waals surface area contributed by atoms with E-state index in [0.29, 0.717) is 12.1 Å². The zero-order valence-electron chi connectivity index (χ0n) is 12.4. The molecule has 0 saturated heterocycles. The largest absolute Gasteiger partial charge is 0.452 e. The van der Waals surface area contributed by atoms with Gasteiger partial charge in [0.05, 0.1) is 11.1 Å². The lowest BCUT2D eigenvalue weighted by atomic mass is 10.2. The Kier molecular flexibility index (Phi) is 5.35. The van der Waals surface area contributed by atoms with Gasteiger partial charge in [0.25, 0.3) is 5.91 Å². The fraction of sp³-hybridized carbons (Fsp3) is 0.125. The van der Waals surface area contributed by atoms with Crippen molar-refractivity contribution in [2.24, 2.45) is 0 Å². The average Bonchev–Trinajstić information content (AvgIpc) is 2.52. The van der Waals surface area contributed by atoms with E-state index < -0.39 is 47.4 Å². The summed E-state index contributed by atoms with van der Waals surface area (Å²) in [6.07, 6.45) is -4.58. The lowest BCUT2D eigenvalue weighted by molar-refractivity contribution is -0.137. The standard InChI is InChI=1S/C16H10F5NO3/c17-10-4-5-12(13(18)7-10)15(24)25-8-14(23)22-11-3-1-2-9(6-11)16(19,20)21/h1-7H,8H2,(H,22,23). The van der Waals surface area contributed by atoms with E-state index in [1.165, 1.54) is 6.07 Å². The van der Waals surface area contributed by atoms with Crippen LogP contribution in [0.25, 0.3) is 0 Å². The van der Waals surface area contributed by atoms with Crippen molar-refractivity contribution in [1.29, 1.82) is 0 Å². The highest BCUT2D eigenvalue weighted by Gasteiger charge is 2.30. The number of carbonyl (C=O) groups excluding carboxylic acids is 2. The van der Waals surface area contributed by atoms with Crippen LogP contribution < -0.4 is 5.32 Å². The van der Waals surface area contributed by atoms with Crippen LogP contribution in [0.5, 0.6) is 0 Å². The molecule has 0 fully saturated rings. The molecule has 0 heterocycles. The van der Waals surface area contributed by atoms with E-state index in [9.17, 15) is 31.5 Å². The van der Waals surface area contributed by atoms with Crippen LogP contribution in [0.4, 0.5) is 27.6 Å². The average molecular weight is 359 g/mol. The molecule has 1 amide bonds. The minimum Gasteiger partial charge on any atom is -0.452 e. The first-order valence-electron chi connectivity index (χ1n) is 6.76. The van der Waals surface area contributed by atoms with Gasteiger partial charge in [-0.1, -0.05) is 6.07 Å². The van der Waals surface area contributed by atoms with E-state index in [1.807, 2.05) is 0 Å². The molecule has 9 heteroatoms. The van der Waals surface area contributed by atoms with E-state index in [2.05, 4.69) is 10.1 Å². The van der Waals surface area contributed by atoms with E-state index in [4.69, 9.17) is 0 Å². The second-order valence-corrected chi connectivity index (χ2v) is 4.83. The smallest absolute Gasteiger partial charge is 0.416 e. The fourth-order valence-electron chi connectivity index (χ4n) is 1.83. The van der Waals surface area contributed by atoms with Crippen LogP contribution in [0.2, 0.25) is 0 Å². The van der Waals surface area contributed by atoms with Crippen LogP contribution in [0.3, 0.4) is 0 Å². The molecule has 0 bridgehead atoms. The van der Waals surface area contributed by atoms with Crippen molar-refractivity contribution in [3.8, 4) is 0 Å². The number of benzene rings is 2. The van der Waals surface area contributed by atoms with E-state index in [0.717, 1.165) is 24.3 Å². The molecule has 0 aromatic heterocycles. The molecule has 4 nitrogen and oxygen atoms in total. The molecule has 25 heavy (non-hydrogen) atoms. The van der Waals surface area contributed by atoms with Crippen molar-refractivity contribution in [2.75, 3.05) is 11.9 Å². The maximum atomic E-state index is 13.4. The summed E-state index contributed by atoms with van der Waals surface area (Å²) in [6.45, 7) is -0.855. The second kappa shape index (κ2) is 7.29. The molecule has 0 aliphatic heterocycles. The number of ether oxygens (including phenoxy) is 1. The third-order valence-corrected chi connectivity index (χ3v) is 2.96. The molecule has 0 radical (unpaired) electrons. The van der Waals surface area contributed by atoms with E-state index in [-0.39, 0.29) is 5.69 Å². The van der Waals surface area contributed by atoms with Gasteiger partial charge in [0.2, 0.25) is 0 Å². The Morgan fingerprint density at radius 1 is 1.04 bits per heavy atom. The molecule has 0 aliphatic carbocycles. The molecule has 2 aromatic carbocycles. The topological polar surface area (TPSA) is 55.4 Å². The van der Waals surface area contributed by atoms with Crippen LogP contribution in [-0.4, -0.2) is 18.5 Å². The summed E-state index contributed by atoms with van der Waals surface area (Å²) in [5, 5.41) is 2.12. The quantitative estimate of drug-likeness (QED) is 0.668. The molecule has 0 saturated carbocycles. The SMILES string of the molecule is O=C(COC(=O)c1ccc(F)cc1F)Nc1cccc(C(F)(F)F)c1. The molecule has 0 spiro atoms. The Hall–Kier alpha value is -2.97. The van der Waals surface area contributed by atoms with Crippen LogP contribution in [0.15, 0.2) is 42.5 Å². The van der Waals surface area contributed by atoms with Crippen LogP contribution in [-0.2, 0) is 15.7 Å². The number of hydrogen-bond donors (Lipinski definition) is 1. The molecule has 132 valence electrons. The first-order valence-corrected chi connectivity index (χ1v) is 6.76. The van der Waals surface area contributed by atoms with Crippen LogP contribution in [0, 0.1) is 11.6 Å². The summed E-state index contributed by atoms with van der Waals surface area (Å²) in [4.78, 5) is 23.2. The summed E-state index contributed by atoms with van der Waals surface area (Å²) < 4.78 is 68.4. The Morgan fingerprint density at radius 2 is 1.76 bits per heavy atom. The molecule has 0 atom stereocenters. The van der Waals surface area contributed by atoms with Gasteiger partial charge in [0.1, 0.15) is 11.6 Å². The number of hydrogen-bond acceptors (Lipinski definition) is 3. The highest BCUT2D eigenvalue weighted by atomic mass is 19.4. The summed E-state index contributed by atoms with van der Waals surface area (Å²) >= 11 is 0. The Morgan fingerprint density at radius 3 is 2.40 bits per heavy atom. The van der Waals surface area contributed by atoms with Crippen LogP contribution in [0.1, 0.15) is 15.9 Å². The van der Waals surface area contributed by atoms with Gasteiger partial charge in [-0.25, -0.2) is 13.6 Å². The minimum absolute atomic E-state index is 0.149. The third kappa shape index (κ3) is 5.00. The lowest BCUT2D eigenvalue weighted by Gasteiger charge is -2.10. The molecule has 1 N–H and O–H groups in total. The normalized spacial score (nSPS) is 11.1. The summed E-state index contributed by atoms with van der Waals surface area (Å²) in [6, 6.07) is 6.00. The molecule has 0 aliphatic rings. The van der Waals surface area contributed by atoms with Crippen molar-refractivity contribution in [2.45, 2.75) is 6.18 Å². The number of nitrogens with one attached hydrogen (secondary N) is 1. The van der Waals surface area contributed by atoms with Crippen molar-refractivity contribution in [3.05, 3.63) is 65.2 Å². The van der Waals surface area contributed by atoms with Gasteiger partial charge in [0, 0.05) is 11.8 Å². The minimum atomic E-state index is -4.58. The Bertz CT molecular complexity index is 805.